The molecule has 0 aromatic carbocycles. The van der Waals surface area contributed by atoms with Crippen LogP contribution in [0.4, 0.5) is 0 Å². The number of aliphatic hydroxyl groups excluding tert-OH is 2. The maximum absolute atomic E-state index is 11.4. The van der Waals surface area contributed by atoms with Crippen molar-refractivity contribution in [2.24, 2.45) is 5.41 Å². The van der Waals surface area contributed by atoms with Crippen LogP contribution < -0.4 is 0 Å². The Balaban J connectivity index is 1.83. The molecule has 0 saturated carbocycles. The van der Waals surface area contributed by atoms with E-state index in [1.165, 1.54) is 24.8 Å². The van der Waals surface area contributed by atoms with E-state index in [0.29, 0.717) is 17.4 Å². The number of rotatable bonds is 10. The highest BCUT2D eigenvalue weighted by Gasteiger charge is 2.29. The van der Waals surface area contributed by atoms with Gasteiger partial charge in [0.2, 0.25) is 6.29 Å². The van der Waals surface area contributed by atoms with Gasteiger partial charge in [-0.3, -0.25) is 4.79 Å². The lowest BCUT2D eigenvalue weighted by Crippen LogP contribution is -2.20. The summed E-state index contributed by atoms with van der Waals surface area (Å²) in [5.41, 5.74) is 5.53. The molecular weight excluding hydrogens is 380 g/mol. The second-order valence-corrected chi connectivity index (χ2v) is 9.17. The molecule has 0 unspecified atom stereocenters. The molecule has 5 nitrogen and oxygen atoms in total. The summed E-state index contributed by atoms with van der Waals surface area (Å²) in [5, 5.41) is 19.7. The van der Waals surface area contributed by atoms with E-state index in [0.717, 1.165) is 31.6 Å². The third kappa shape index (κ3) is 6.78. The van der Waals surface area contributed by atoms with Gasteiger partial charge in [-0.05, 0) is 76.2 Å². The summed E-state index contributed by atoms with van der Waals surface area (Å²) in [5.74, 6) is -0.667. The molecule has 30 heavy (non-hydrogen) atoms. The van der Waals surface area contributed by atoms with Crippen molar-refractivity contribution in [3.05, 3.63) is 46.1 Å². The van der Waals surface area contributed by atoms with Gasteiger partial charge in [0.15, 0.2) is 0 Å². The van der Waals surface area contributed by atoms with E-state index in [1.807, 2.05) is 0 Å². The number of carbonyl (C=O) groups excluding carboxylic acids is 2. The maximum Gasteiger partial charge on any atom is 0.333 e. The van der Waals surface area contributed by atoms with Crippen LogP contribution in [0.15, 0.2) is 46.1 Å². The minimum atomic E-state index is -1.40. The van der Waals surface area contributed by atoms with Gasteiger partial charge in [0.05, 0.1) is 6.10 Å². The van der Waals surface area contributed by atoms with Crippen LogP contribution in [-0.2, 0) is 14.3 Å². The van der Waals surface area contributed by atoms with Crippen molar-refractivity contribution in [3.8, 4) is 0 Å². The van der Waals surface area contributed by atoms with E-state index in [2.05, 4.69) is 38.5 Å². The molecule has 166 valence electrons. The molecule has 1 aliphatic heterocycles. The molecule has 2 atom stereocenters. The standard InChI is InChI=1S/C25H36O5/c1-17(10-12-21-18(2)8-6-14-25(21,3)4)7-5-9-19(16-26)11-13-22(27)20-15-23(28)30-24(20)29/h7,11,15-16,22,24,27,29H,5-6,8-10,12-14H2,1-4H3/t22-,24+/m1/s1. The molecule has 0 amide bonds. The van der Waals surface area contributed by atoms with Crippen molar-refractivity contribution in [2.75, 3.05) is 0 Å². The molecule has 0 bridgehead atoms. The Morgan fingerprint density at radius 1 is 1.33 bits per heavy atom. The first-order valence-corrected chi connectivity index (χ1v) is 10.9. The van der Waals surface area contributed by atoms with Gasteiger partial charge in [-0.25, -0.2) is 4.79 Å². The van der Waals surface area contributed by atoms with Crippen LogP contribution in [0.5, 0.6) is 0 Å². The Hall–Kier alpha value is -1.98. The highest BCUT2D eigenvalue weighted by Crippen LogP contribution is 2.42. The molecule has 1 aliphatic carbocycles. The lowest BCUT2D eigenvalue weighted by molar-refractivity contribution is -0.151. The van der Waals surface area contributed by atoms with Crippen molar-refractivity contribution in [1.29, 1.82) is 0 Å². The van der Waals surface area contributed by atoms with E-state index < -0.39 is 18.4 Å². The summed E-state index contributed by atoms with van der Waals surface area (Å²) < 4.78 is 4.57. The van der Waals surface area contributed by atoms with E-state index in [9.17, 15) is 19.8 Å². The molecule has 0 saturated heterocycles. The molecular formula is C25H36O5. The quantitative estimate of drug-likeness (QED) is 0.233. The first kappa shape index (κ1) is 24.3. The molecule has 0 fully saturated rings. The second kappa shape index (κ2) is 10.9. The van der Waals surface area contributed by atoms with Gasteiger partial charge in [-0.1, -0.05) is 42.7 Å². The van der Waals surface area contributed by atoms with Crippen LogP contribution in [-0.4, -0.2) is 34.9 Å². The van der Waals surface area contributed by atoms with Gasteiger partial charge in [-0.15, -0.1) is 0 Å². The summed E-state index contributed by atoms with van der Waals surface area (Å²) in [6.07, 6.45) is 10.7. The Morgan fingerprint density at radius 2 is 2.07 bits per heavy atom. The molecule has 0 radical (unpaired) electrons. The number of hydrogen-bond donors (Lipinski definition) is 2. The third-order valence-electron chi connectivity index (χ3n) is 6.32. The fraction of sp³-hybridized carbons (Fsp3) is 0.600. The van der Waals surface area contributed by atoms with Crippen LogP contribution in [0.1, 0.15) is 79.1 Å². The van der Waals surface area contributed by atoms with Gasteiger partial charge in [0.1, 0.15) is 6.29 Å². The summed E-state index contributed by atoms with van der Waals surface area (Å²) in [6.45, 7) is 9.11. The van der Waals surface area contributed by atoms with Crippen LogP contribution in [0.3, 0.4) is 0 Å². The van der Waals surface area contributed by atoms with Crippen LogP contribution in [0.2, 0.25) is 0 Å². The summed E-state index contributed by atoms with van der Waals surface area (Å²) in [4.78, 5) is 22.5. The summed E-state index contributed by atoms with van der Waals surface area (Å²) in [6, 6.07) is 0. The zero-order chi connectivity index (χ0) is 22.3. The normalized spacial score (nSPS) is 23.3. The smallest absolute Gasteiger partial charge is 0.333 e. The maximum atomic E-state index is 11.4. The number of hydrogen-bond acceptors (Lipinski definition) is 5. The van der Waals surface area contributed by atoms with Crippen molar-refractivity contribution in [3.63, 3.8) is 0 Å². The number of esters is 1. The number of allylic oxidation sites excluding steroid dienone is 5. The Morgan fingerprint density at radius 3 is 2.67 bits per heavy atom. The predicted octanol–water partition coefficient (Wildman–Crippen LogP) is 4.70. The van der Waals surface area contributed by atoms with Gasteiger partial charge in [-0.2, -0.15) is 0 Å². The molecule has 2 N–H and O–H groups in total. The van der Waals surface area contributed by atoms with Crippen molar-refractivity contribution in [1.82, 2.24) is 0 Å². The highest BCUT2D eigenvalue weighted by molar-refractivity contribution is 5.85. The van der Waals surface area contributed by atoms with E-state index in [1.54, 1.807) is 17.2 Å². The lowest BCUT2D eigenvalue weighted by Gasteiger charge is -2.35. The predicted molar refractivity (Wildman–Crippen MR) is 118 cm³/mol. The molecule has 0 spiro atoms. The van der Waals surface area contributed by atoms with Crippen molar-refractivity contribution in [2.45, 2.75) is 91.5 Å². The van der Waals surface area contributed by atoms with Crippen molar-refractivity contribution >= 4 is 12.3 Å². The summed E-state index contributed by atoms with van der Waals surface area (Å²) in [7, 11) is 0. The molecule has 0 aromatic heterocycles. The zero-order valence-electron chi connectivity index (χ0n) is 18.7. The highest BCUT2D eigenvalue weighted by atomic mass is 16.6. The number of carbonyl (C=O) groups is 2. The number of ether oxygens (including phenoxy) is 1. The fourth-order valence-electron chi connectivity index (χ4n) is 4.42. The summed E-state index contributed by atoms with van der Waals surface area (Å²) >= 11 is 0. The minimum absolute atomic E-state index is 0.132. The van der Waals surface area contributed by atoms with E-state index in [-0.39, 0.29) is 12.0 Å². The SMILES string of the molecule is CC(=CCCC(C=O)=CC[C@@H](O)C1=CC(=O)O[C@@H]1O)CCC1=C(C)CCCC1(C)C. The Kier molecular flexibility index (Phi) is 8.80. The number of aliphatic hydroxyl groups is 2. The number of cyclic esters (lactones) is 1. The lowest BCUT2D eigenvalue weighted by atomic mass is 9.71. The molecule has 5 heteroatoms. The van der Waals surface area contributed by atoms with E-state index in [4.69, 9.17) is 0 Å². The van der Waals surface area contributed by atoms with E-state index >= 15 is 0 Å². The second-order valence-electron chi connectivity index (χ2n) is 9.17. The molecule has 2 aliphatic rings. The zero-order valence-corrected chi connectivity index (χ0v) is 18.7. The van der Waals surface area contributed by atoms with Crippen molar-refractivity contribution < 1.29 is 24.5 Å². The number of aldehydes is 1. The van der Waals surface area contributed by atoms with Crippen LogP contribution in [0.25, 0.3) is 0 Å². The van der Waals surface area contributed by atoms with Gasteiger partial charge >= 0.3 is 5.97 Å². The third-order valence-corrected chi connectivity index (χ3v) is 6.32. The minimum Gasteiger partial charge on any atom is -0.429 e. The molecule has 0 aromatic rings. The Bertz CT molecular complexity index is 766. The van der Waals surface area contributed by atoms with Gasteiger partial charge < -0.3 is 14.9 Å². The average molecular weight is 417 g/mol. The average Bonchev–Trinajstić information content (AvgIpc) is 3.01. The Labute approximate surface area is 180 Å². The topological polar surface area (TPSA) is 83.8 Å². The van der Waals surface area contributed by atoms with Gasteiger partial charge in [0.25, 0.3) is 0 Å². The molecule has 1 heterocycles. The van der Waals surface area contributed by atoms with Crippen LogP contribution >= 0.6 is 0 Å². The first-order valence-electron chi connectivity index (χ1n) is 10.9. The largest absolute Gasteiger partial charge is 0.429 e. The monoisotopic (exact) mass is 416 g/mol. The van der Waals surface area contributed by atoms with Crippen LogP contribution in [0, 0.1) is 5.41 Å². The molecule has 2 rings (SSSR count). The first-order chi connectivity index (χ1) is 14.1. The van der Waals surface area contributed by atoms with Gasteiger partial charge in [0, 0.05) is 11.6 Å². The fourth-order valence-corrected chi connectivity index (χ4v) is 4.42.